The summed E-state index contributed by atoms with van der Waals surface area (Å²) in [6.07, 6.45) is 3.20. The maximum atomic E-state index is 12.2. The first kappa shape index (κ1) is 24.6. The molecule has 2 rings (SSSR count). The quantitative estimate of drug-likeness (QED) is 0.366. The van der Waals surface area contributed by atoms with Gasteiger partial charge in [-0.25, -0.2) is 9.59 Å². The molecule has 0 aliphatic rings. The lowest BCUT2D eigenvalue weighted by atomic mass is 9.99. The third kappa shape index (κ3) is 7.21. The molecule has 0 heterocycles. The minimum atomic E-state index is -0.327. The molecule has 2 unspecified atom stereocenters. The van der Waals surface area contributed by atoms with E-state index >= 15 is 0 Å². The number of ether oxygens (including phenoxy) is 3. The number of rotatable bonds is 12. The highest BCUT2D eigenvalue weighted by atomic mass is 16.5. The molecule has 0 N–H and O–H groups in total. The normalized spacial score (nSPS) is 12.8. The Morgan fingerprint density at radius 2 is 1.13 bits per heavy atom. The Morgan fingerprint density at radius 1 is 0.710 bits per heavy atom. The largest absolute Gasteiger partial charge is 0.462 e. The molecule has 5 nitrogen and oxygen atoms in total. The molecule has 0 bridgehead atoms. The molecule has 168 valence electrons. The lowest BCUT2D eigenvalue weighted by Crippen LogP contribution is -2.13. The minimum absolute atomic E-state index is 0.165. The Bertz CT molecular complexity index is 776. The van der Waals surface area contributed by atoms with Gasteiger partial charge in [0.05, 0.1) is 36.5 Å². The SMILES string of the molecule is CCCC(OC(CCC)c1cccc(C(=O)OCC)c1)c1cccc(C(=O)OCC)c1. The zero-order chi connectivity index (χ0) is 22.6. The predicted molar refractivity (Wildman–Crippen MR) is 121 cm³/mol. The Labute approximate surface area is 185 Å². The molecule has 2 aromatic carbocycles. The molecule has 31 heavy (non-hydrogen) atoms. The van der Waals surface area contributed by atoms with Crippen molar-refractivity contribution in [1.29, 1.82) is 0 Å². The van der Waals surface area contributed by atoms with Crippen molar-refractivity contribution in [2.45, 2.75) is 65.6 Å². The zero-order valence-electron chi connectivity index (χ0n) is 19.1. The summed E-state index contributed by atoms with van der Waals surface area (Å²) in [5.41, 5.74) is 2.96. The van der Waals surface area contributed by atoms with Gasteiger partial charge in [-0.05, 0) is 62.1 Å². The van der Waals surface area contributed by atoms with Crippen LogP contribution in [0.25, 0.3) is 0 Å². The second-order valence-corrected chi connectivity index (χ2v) is 7.38. The monoisotopic (exact) mass is 426 g/mol. The molecule has 0 aliphatic heterocycles. The van der Waals surface area contributed by atoms with Gasteiger partial charge in [-0.2, -0.15) is 0 Å². The predicted octanol–water partition coefficient (Wildman–Crippen LogP) is 6.44. The van der Waals surface area contributed by atoms with Crippen LogP contribution in [0.3, 0.4) is 0 Å². The van der Waals surface area contributed by atoms with Crippen molar-refractivity contribution in [3.05, 3.63) is 70.8 Å². The van der Waals surface area contributed by atoms with Gasteiger partial charge in [0, 0.05) is 0 Å². The summed E-state index contributed by atoms with van der Waals surface area (Å²) in [6.45, 7) is 8.50. The van der Waals surface area contributed by atoms with Crippen LogP contribution in [-0.4, -0.2) is 25.2 Å². The van der Waals surface area contributed by atoms with Crippen LogP contribution in [0.1, 0.15) is 97.4 Å². The van der Waals surface area contributed by atoms with Gasteiger partial charge >= 0.3 is 11.9 Å². The van der Waals surface area contributed by atoms with E-state index in [0.717, 1.165) is 36.8 Å². The van der Waals surface area contributed by atoms with E-state index in [4.69, 9.17) is 14.2 Å². The van der Waals surface area contributed by atoms with E-state index < -0.39 is 0 Å². The smallest absolute Gasteiger partial charge is 0.338 e. The summed E-state index contributed by atoms with van der Waals surface area (Å²) in [5.74, 6) is -0.654. The molecule has 2 aromatic rings. The lowest BCUT2D eigenvalue weighted by Gasteiger charge is -2.26. The van der Waals surface area contributed by atoms with Gasteiger partial charge < -0.3 is 14.2 Å². The Hall–Kier alpha value is -2.66. The van der Waals surface area contributed by atoms with E-state index in [-0.39, 0.29) is 24.1 Å². The van der Waals surface area contributed by atoms with Crippen LogP contribution in [0.5, 0.6) is 0 Å². The molecular weight excluding hydrogens is 392 g/mol. The molecule has 0 amide bonds. The number of benzene rings is 2. The van der Waals surface area contributed by atoms with Crippen LogP contribution in [0, 0.1) is 0 Å². The van der Waals surface area contributed by atoms with Gasteiger partial charge in [0.1, 0.15) is 0 Å². The van der Waals surface area contributed by atoms with E-state index in [0.29, 0.717) is 24.3 Å². The Kier molecular flexibility index (Phi) is 10.2. The van der Waals surface area contributed by atoms with Crippen LogP contribution in [0.2, 0.25) is 0 Å². The highest BCUT2D eigenvalue weighted by Gasteiger charge is 2.21. The average molecular weight is 427 g/mol. The van der Waals surface area contributed by atoms with E-state index in [1.165, 1.54) is 0 Å². The topological polar surface area (TPSA) is 61.8 Å². The van der Waals surface area contributed by atoms with Crippen LogP contribution < -0.4 is 0 Å². The first-order chi connectivity index (χ1) is 15.0. The van der Waals surface area contributed by atoms with E-state index in [9.17, 15) is 9.59 Å². The maximum Gasteiger partial charge on any atom is 0.338 e. The molecular formula is C26H34O5. The third-order valence-corrected chi connectivity index (χ3v) is 4.97. The lowest BCUT2D eigenvalue weighted by molar-refractivity contribution is -0.0247. The van der Waals surface area contributed by atoms with Gasteiger partial charge in [0.15, 0.2) is 0 Å². The Morgan fingerprint density at radius 3 is 1.48 bits per heavy atom. The van der Waals surface area contributed by atoms with E-state index in [1.54, 1.807) is 26.0 Å². The van der Waals surface area contributed by atoms with Crippen molar-refractivity contribution < 1.29 is 23.8 Å². The standard InChI is InChI=1S/C26H34O5/c1-5-11-23(19-13-9-15-21(17-19)25(27)29-7-3)31-24(12-6-2)20-14-10-16-22(18-20)26(28)30-8-4/h9-10,13-18,23-24H,5-8,11-12H2,1-4H3. The summed E-state index contributed by atoms with van der Waals surface area (Å²) >= 11 is 0. The van der Waals surface area contributed by atoms with Gasteiger partial charge in [-0.15, -0.1) is 0 Å². The van der Waals surface area contributed by atoms with Gasteiger partial charge in [-0.1, -0.05) is 51.0 Å². The first-order valence-corrected chi connectivity index (χ1v) is 11.2. The zero-order valence-corrected chi connectivity index (χ0v) is 19.1. The van der Waals surface area contributed by atoms with Crippen LogP contribution in [0.4, 0.5) is 0 Å². The van der Waals surface area contributed by atoms with Crippen molar-refractivity contribution in [1.82, 2.24) is 0 Å². The molecule has 0 saturated carbocycles. The molecule has 0 aromatic heterocycles. The summed E-state index contributed by atoms with van der Waals surface area (Å²) in [4.78, 5) is 24.3. The summed E-state index contributed by atoms with van der Waals surface area (Å²) < 4.78 is 16.9. The van der Waals surface area contributed by atoms with Crippen molar-refractivity contribution in [3.63, 3.8) is 0 Å². The van der Waals surface area contributed by atoms with Crippen LogP contribution in [0.15, 0.2) is 48.5 Å². The van der Waals surface area contributed by atoms with Crippen molar-refractivity contribution >= 4 is 11.9 Å². The summed E-state index contributed by atoms with van der Waals surface area (Å²) in [5, 5.41) is 0. The van der Waals surface area contributed by atoms with Crippen molar-refractivity contribution in [2.24, 2.45) is 0 Å². The average Bonchev–Trinajstić information content (AvgIpc) is 2.79. The molecule has 2 atom stereocenters. The van der Waals surface area contributed by atoms with Gasteiger partial charge in [0.2, 0.25) is 0 Å². The van der Waals surface area contributed by atoms with E-state index in [2.05, 4.69) is 13.8 Å². The van der Waals surface area contributed by atoms with Gasteiger partial charge in [-0.3, -0.25) is 0 Å². The second-order valence-electron chi connectivity index (χ2n) is 7.38. The molecule has 0 radical (unpaired) electrons. The highest BCUT2D eigenvalue weighted by Crippen LogP contribution is 2.33. The number of carbonyl (C=O) groups is 2. The molecule has 0 saturated heterocycles. The van der Waals surface area contributed by atoms with E-state index in [1.807, 2.05) is 36.4 Å². The molecule has 5 heteroatoms. The van der Waals surface area contributed by atoms with Crippen LogP contribution in [-0.2, 0) is 14.2 Å². The van der Waals surface area contributed by atoms with Crippen molar-refractivity contribution in [3.8, 4) is 0 Å². The summed E-state index contributed by atoms with van der Waals surface area (Å²) in [7, 11) is 0. The second kappa shape index (κ2) is 12.9. The number of hydrogen-bond donors (Lipinski definition) is 0. The summed E-state index contributed by atoms with van der Waals surface area (Å²) in [6, 6.07) is 14.9. The van der Waals surface area contributed by atoms with Gasteiger partial charge in [0.25, 0.3) is 0 Å². The molecule has 0 fully saturated rings. The molecule has 0 spiro atoms. The fourth-order valence-corrected chi connectivity index (χ4v) is 3.51. The molecule has 0 aliphatic carbocycles. The minimum Gasteiger partial charge on any atom is -0.462 e. The van der Waals surface area contributed by atoms with Crippen molar-refractivity contribution in [2.75, 3.05) is 13.2 Å². The number of hydrogen-bond acceptors (Lipinski definition) is 5. The first-order valence-electron chi connectivity index (χ1n) is 11.2. The fourth-order valence-electron chi connectivity index (χ4n) is 3.51. The highest BCUT2D eigenvalue weighted by molar-refractivity contribution is 5.90. The maximum absolute atomic E-state index is 12.2. The Balaban J connectivity index is 2.30. The number of carbonyl (C=O) groups excluding carboxylic acids is 2. The van der Waals surface area contributed by atoms with Crippen LogP contribution >= 0.6 is 0 Å². The third-order valence-electron chi connectivity index (χ3n) is 4.97. The number of esters is 2. The fraction of sp³-hybridized carbons (Fsp3) is 0.462.